The number of aromatic nitrogens is 3. The quantitative estimate of drug-likeness (QED) is 0.780. The van der Waals surface area contributed by atoms with Crippen LogP contribution in [0.4, 0.5) is 4.39 Å². The fraction of sp³-hybridized carbons (Fsp3) is 0.250. The molecule has 0 fully saturated rings. The summed E-state index contributed by atoms with van der Waals surface area (Å²) < 4.78 is 15.0. The molecule has 0 aliphatic rings. The molecule has 26 heavy (non-hydrogen) atoms. The zero-order valence-electron chi connectivity index (χ0n) is 15.2. The standard InChI is InChI=1S/C20H21FN4O/c1-20(2,3)24-19(26)14-11-16(13-5-7-15(21)8-6-13)23-17(12-14)18-9-10-22-25(18)4/h5-12H,1-4H3,(H,24,26). The van der Waals surface area contributed by atoms with E-state index in [1.54, 1.807) is 35.1 Å². The number of aryl methyl sites for hydroxylation is 1. The van der Waals surface area contributed by atoms with E-state index in [9.17, 15) is 9.18 Å². The molecule has 0 saturated carbocycles. The van der Waals surface area contributed by atoms with Gasteiger partial charge in [-0.3, -0.25) is 9.48 Å². The van der Waals surface area contributed by atoms with Gasteiger partial charge in [-0.25, -0.2) is 9.37 Å². The number of halogens is 1. The van der Waals surface area contributed by atoms with Crippen LogP contribution >= 0.6 is 0 Å². The van der Waals surface area contributed by atoms with Crippen LogP contribution in [0.1, 0.15) is 31.1 Å². The minimum Gasteiger partial charge on any atom is -0.347 e. The normalized spacial score (nSPS) is 11.4. The van der Waals surface area contributed by atoms with Crippen LogP contribution in [-0.4, -0.2) is 26.2 Å². The van der Waals surface area contributed by atoms with Crippen LogP contribution in [-0.2, 0) is 7.05 Å². The van der Waals surface area contributed by atoms with Gasteiger partial charge in [0.25, 0.3) is 5.91 Å². The number of benzene rings is 1. The van der Waals surface area contributed by atoms with Crippen molar-refractivity contribution in [1.82, 2.24) is 20.1 Å². The van der Waals surface area contributed by atoms with E-state index < -0.39 is 0 Å². The third-order valence-corrected chi connectivity index (χ3v) is 3.80. The van der Waals surface area contributed by atoms with Gasteiger partial charge in [-0.05, 0) is 63.2 Å². The van der Waals surface area contributed by atoms with E-state index in [2.05, 4.69) is 15.4 Å². The van der Waals surface area contributed by atoms with Gasteiger partial charge in [0.2, 0.25) is 0 Å². The summed E-state index contributed by atoms with van der Waals surface area (Å²) in [4.78, 5) is 17.3. The van der Waals surface area contributed by atoms with Crippen molar-refractivity contribution in [2.75, 3.05) is 0 Å². The molecule has 2 aromatic heterocycles. The number of rotatable bonds is 3. The third-order valence-electron chi connectivity index (χ3n) is 3.80. The minimum atomic E-state index is -0.358. The largest absolute Gasteiger partial charge is 0.347 e. The summed E-state index contributed by atoms with van der Waals surface area (Å²) in [6.07, 6.45) is 1.68. The van der Waals surface area contributed by atoms with E-state index in [1.807, 2.05) is 33.9 Å². The maximum Gasteiger partial charge on any atom is 0.251 e. The van der Waals surface area contributed by atoms with Gasteiger partial charge in [0.15, 0.2) is 0 Å². The van der Waals surface area contributed by atoms with Crippen LogP contribution in [0.3, 0.4) is 0 Å². The van der Waals surface area contributed by atoms with Crippen molar-refractivity contribution in [2.45, 2.75) is 26.3 Å². The fourth-order valence-electron chi connectivity index (χ4n) is 2.60. The average molecular weight is 352 g/mol. The molecule has 1 amide bonds. The predicted molar refractivity (Wildman–Crippen MR) is 99.1 cm³/mol. The van der Waals surface area contributed by atoms with E-state index in [0.717, 1.165) is 11.3 Å². The second kappa shape index (κ2) is 6.71. The summed E-state index contributed by atoms with van der Waals surface area (Å²) in [5, 5.41) is 7.13. The van der Waals surface area contributed by atoms with Crippen LogP contribution in [0.2, 0.25) is 0 Å². The van der Waals surface area contributed by atoms with Crippen molar-refractivity contribution in [3.63, 3.8) is 0 Å². The molecule has 1 N–H and O–H groups in total. The lowest BCUT2D eigenvalue weighted by atomic mass is 10.0. The van der Waals surface area contributed by atoms with Gasteiger partial charge >= 0.3 is 0 Å². The molecular weight excluding hydrogens is 331 g/mol. The molecule has 0 aliphatic heterocycles. The summed E-state index contributed by atoms with van der Waals surface area (Å²) >= 11 is 0. The summed E-state index contributed by atoms with van der Waals surface area (Å²) in [6.45, 7) is 5.78. The molecular formula is C20H21FN4O. The van der Waals surface area contributed by atoms with Gasteiger partial charge < -0.3 is 5.32 Å². The van der Waals surface area contributed by atoms with Gasteiger partial charge in [0.1, 0.15) is 5.82 Å². The molecule has 5 nitrogen and oxygen atoms in total. The van der Waals surface area contributed by atoms with Crippen LogP contribution in [0.15, 0.2) is 48.7 Å². The highest BCUT2D eigenvalue weighted by molar-refractivity contribution is 5.96. The first-order valence-electron chi connectivity index (χ1n) is 8.32. The highest BCUT2D eigenvalue weighted by Crippen LogP contribution is 2.25. The highest BCUT2D eigenvalue weighted by Gasteiger charge is 2.18. The zero-order chi connectivity index (χ0) is 18.9. The topological polar surface area (TPSA) is 59.8 Å². The van der Waals surface area contributed by atoms with Gasteiger partial charge in [0, 0.05) is 29.9 Å². The van der Waals surface area contributed by atoms with Gasteiger partial charge in [-0.15, -0.1) is 0 Å². The Kier molecular flexibility index (Phi) is 4.59. The Bertz CT molecular complexity index is 939. The molecule has 0 unspecified atom stereocenters. The molecule has 3 rings (SSSR count). The first-order valence-corrected chi connectivity index (χ1v) is 8.32. The molecule has 0 spiro atoms. The Hall–Kier alpha value is -3.02. The molecule has 0 bridgehead atoms. The minimum absolute atomic E-state index is 0.188. The number of hydrogen-bond acceptors (Lipinski definition) is 3. The van der Waals surface area contributed by atoms with Gasteiger partial charge in [-0.2, -0.15) is 5.10 Å². The molecule has 3 aromatic rings. The molecule has 1 aromatic carbocycles. The SMILES string of the molecule is Cn1nccc1-c1cc(C(=O)NC(C)(C)C)cc(-c2ccc(F)cc2)n1. The Morgan fingerprint density at radius 2 is 1.73 bits per heavy atom. The number of pyridine rings is 1. The first kappa shape index (κ1) is 17.8. The fourth-order valence-corrected chi connectivity index (χ4v) is 2.60. The average Bonchev–Trinajstić information content (AvgIpc) is 2.99. The number of nitrogens with one attached hydrogen (secondary N) is 1. The van der Waals surface area contributed by atoms with Crippen molar-refractivity contribution in [2.24, 2.45) is 7.05 Å². The smallest absolute Gasteiger partial charge is 0.251 e. The molecule has 2 heterocycles. The summed E-state index contributed by atoms with van der Waals surface area (Å²) in [5.74, 6) is -0.506. The third kappa shape index (κ3) is 3.96. The monoisotopic (exact) mass is 352 g/mol. The van der Waals surface area contributed by atoms with Crippen LogP contribution in [0.25, 0.3) is 22.6 Å². The van der Waals surface area contributed by atoms with E-state index in [1.165, 1.54) is 12.1 Å². The maximum absolute atomic E-state index is 13.3. The van der Waals surface area contributed by atoms with Crippen molar-refractivity contribution < 1.29 is 9.18 Å². The van der Waals surface area contributed by atoms with Crippen molar-refractivity contribution in [3.05, 3.63) is 60.0 Å². The zero-order valence-corrected chi connectivity index (χ0v) is 15.2. The predicted octanol–water partition coefficient (Wildman–Crippen LogP) is 3.82. The van der Waals surface area contributed by atoms with Crippen molar-refractivity contribution in [3.8, 4) is 22.6 Å². The number of hydrogen-bond donors (Lipinski definition) is 1. The second-order valence-electron chi connectivity index (χ2n) is 7.18. The number of nitrogens with zero attached hydrogens (tertiary/aromatic N) is 3. The van der Waals surface area contributed by atoms with Crippen LogP contribution in [0.5, 0.6) is 0 Å². The van der Waals surface area contributed by atoms with Gasteiger partial charge in [-0.1, -0.05) is 0 Å². The lowest BCUT2D eigenvalue weighted by Crippen LogP contribution is -2.40. The lowest BCUT2D eigenvalue weighted by molar-refractivity contribution is 0.0919. The molecule has 0 atom stereocenters. The highest BCUT2D eigenvalue weighted by atomic mass is 19.1. The molecule has 134 valence electrons. The Morgan fingerprint density at radius 3 is 2.31 bits per heavy atom. The number of amides is 1. The van der Waals surface area contributed by atoms with Crippen LogP contribution in [0, 0.1) is 5.82 Å². The maximum atomic E-state index is 13.3. The first-order chi connectivity index (χ1) is 12.2. The summed E-state index contributed by atoms with van der Waals surface area (Å²) in [5.41, 5.74) is 2.89. The van der Waals surface area contributed by atoms with Gasteiger partial charge in [0.05, 0.1) is 17.1 Å². The Labute approximate surface area is 151 Å². The van der Waals surface area contributed by atoms with E-state index in [4.69, 9.17) is 0 Å². The Balaban J connectivity index is 2.12. The summed E-state index contributed by atoms with van der Waals surface area (Å²) in [6, 6.07) is 11.3. The number of carbonyl (C=O) groups is 1. The molecule has 0 saturated heterocycles. The second-order valence-corrected chi connectivity index (χ2v) is 7.18. The molecule has 0 aliphatic carbocycles. The van der Waals surface area contributed by atoms with E-state index >= 15 is 0 Å². The van der Waals surface area contributed by atoms with E-state index in [-0.39, 0.29) is 17.3 Å². The van der Waals surface area contributed by atoms with Crippen molar-refractivity contribution >= 4 is 5.91 Å². The van der Waals surface area contributed by atoms with Crippen molar-refractivity contribution in [1.29, 1.82) is 0 Å². The van der Waals surface area contributed by atoms with E-state index in [0.29, 0.717) is 17.0 Å². The lowest BCUT2D eigenvalue weighted by Gasteiger charge is -2.21. The number of carbonyl (C=O) groups excluding carboxylic acids is 1. The Morgan fingerprint density at radius 1 is 1.08 bits per heavy atom. The molecule has 6 heteroatoms. The molecule has 0 radical (unpaired) electrons. The van der Waals surface area contributed by atoms with Crippen LogP contribution < -0.4 is 5.32 Å². The summed E-state index contributed by atoms with van der Waals surface area (Å²) in [7, 11) is 1.82.